The molecular formula is C16H19FN2O. The normalized spacial score (nSPS) is 10.6. The fraction of sp³-hybridized carbons (Fsp3) is 0.312. The molecule has 2 rings (SSSR count). The molecule has 0 spiro atoms. The molecule has 0 aliphatic rings. The predicted molar refractivity (Wildman–Crippen MR) is 77.1 cm³/mol. The number of nitrogens with zero attached hydrogens (tertiary/aromatic N) is 1. The van der Waals surface area contributed by atoms with Gasteiger partial charge < -0.3 is 10.1 Å². The topological polar surface area (TPSA) is 34.2 Å². The van der Waals surface area contributed by atoms with Crippen molar-refractivity contribution < 1.29 is 9.13 Å². The molecule has 3 nitrogen and oxygen atoms in total. The monoisotopic (exact) mass is 274 g/mol. The Morgan fingerprint density at radius 3 is 2.70 bits per heavy atom. The molecule has 2 aromatic rings. The van der Waals surface area contributed by atoms with Gasteiger partial charge in [-0.25, -0.2) is 4.39 Å². The number of aromatic nitrogens is 1. The Balaban J connectivity index is 1.99. The predicted octanol–water partition coefficient (Wildman–Crippen LogP) is 3.08. The van der Waals surface area contributed by atoms with Crippen molar-refractivity contribution in [1.82, 2.24) is 10.3 Å². The number of ether oxygens (including phenoxy) is 1. The van der Waals surface area contributed by atoms with Crippen LogP contribution in [-0.2, 0) is 19.5 Å². The van der Waals surface area contributed by atoms with Crippen LogP contribution in [0.4, 0.5) is 4.39 Å². The molecule has 4 heteroatoms. The minimum Gasteiger partial charge on any atom is -0.494 e. The molecule has 0 aliphatic heterocycles. The van der Waals surface area contributed by atoms with Crippen LogP contribution in [0.5, 0.6) is 5.75 Å². The second kappa shape index (κ2) is 7.01. The number of benzene rings is 1. The molecule has 1 N–H and O–H groups in total. The summed E-state index contributed by atoms with van der Waals surface area (Å²) in [6.07, 6.45) is 2.72. The van der Waals surface area contributed by atoms with Crippen molar-refractivity contribution in [2.24, 2.45) is 0 Å². The molecule has 0 amide bonds. The summed E-state index contributed by atoms with van der Waals surface area (Å²) in [4.78, 5) is 4.36. The highest BCUT2D eigenvalue weighted by molar-refractivity contribution is 5.31. The largest absolute Gasteiger partial charge is 0.494 e. The third-order valence-corrected chi connectivity index (χ3v) is 3.24. The van der Waals surface area contributed by atoms with Crippen molar-refractivity contribution in [3.8, 4) is 5.75 Å². The zero-order valence-electron chi connectivity index (χ0n) is 11.8. The summed E-state index contributed by atoms with van der Waals surface area (Å²) in [6.45, 7) is 3.17. The minimum atomic E-state index is -0.306. The maximum atomic E-state index is 14.0. The van der Waals surface area contributed by atoms with E-state index in [2.05, 4.69) is 23.3 Å². The van der Waals surface area contributed by atoms with Gasteiger partial charge in [0.1, 0.15) is 0 Å². The molecule has 0 unspecified atom stereocenters. The molecule has 0 fully saturated rings. The maximum absolute atomic E-state index is 14.0. The Labute approximate surface area is 118 Å². The molecule has 0 radical (unpaired) electrons. The fourth-order valence-electron chi connectivity index (χ4n) is 2.12. The first-order valence-corrected chi connectivity index (χ1v) is 6.71. The number of halogens is 1. The molecule has 1 aromatic carbocycles. The van der Waals surface area contributed by atoms with Crippen LogP contribution in [0.3, 0.4) is 0 Å². The molecule has 0 saturated carbocycles. The molecule has 1 aromatic heterocycles. The number of methoxy groups -OCH3 is 1. The van der Waals surface area contributed by atoms with E-state index in [1.807, 2.05) is 6.07 Å². The first-order valence-electron chi connectivity index (χ1n) is 6.71. The van der Waals surface area contributed by atoms with Crippen LogP contribution < -0.4 is 10.1 Å². The van der Waals surface area contributed by atoms with Gasteiger partial charge in [-0.05, 0) is 24.1 Å². The summed E-state index contributed by atoms with van der Waals surface area (Å²) < 4.78 is 18.9. The van der Waals surface area contributed by atoms with Gasteiger partial charge in [0, 0.05) is 24.8 Å². The lowest BCUT2D eigenvalue weighted by Crippen LogP contribution is -2.16. The van der Waals surface area contributed by atoms with Crippen LogP contribution in [-0.4, -0.2) is 12.1 Å². The summed E-state index contributed by atoms with van der Waals surface area (Å²) in [6, 6.07) is 9.16. The summed E-state index contributed by atoms with van der Waals surface area (Å²) in [5, 5.41) is 3.23. The molecular weight excluding hydrogens is 255 g/mol. The van der Waals surface area contributed by atoms with Crippen LogP contribution in [0.1, 0.15) is 23.7 Å². The van der Waals surface area contributed by atoms with E-state index in [-0.39, 0.29) is 11.6 Å². The van der Waals surface area contributed by atoms with Crippen molar-refractivity contribution in [2.45, 2.75) is 26.4 Å². The Bertz CT molecular complexity index is 572. The molecule has 0 atom stereocenters. The van der Waals surface area contributed by atoms with Gasteiger partial charge in [0.25, 0.3) is 0 Å². The van der Waals surface area contributed by atoms with Crippen molar-refractivity contribution >= 4 is 0 Å². The van der Waals surface area contributed by atoms with Gasteiger partial charge >= 0.3 is 0 Å². The van der Waals surface area contributed by atoms with E-state index in [1.165, 1.54) is 12.7 Å². The maximum Gasteiger partial charge on any atom is 0.169 e. The van der Waals surface area contributed by atoms with Crippen LogP contribution in [0.15, 0.2) is 36.5 Å². The fourth-order valence-corrected chi connectivity index (χ4v) is 2.12. The van der Waals surface area contributed by atoms with Gasteiger partial charge in [0.15, 0.2) is 11.6 Å². The molecule has 1 heterocycles. The lowest BCUT2D eigenvalue weighted by Gasteiger charge is -2.10. The molecule has 106 valence electrons. The van der Waals surface area contributed by atoms with Gasteiger partial charge in [-0.2, -0.15) is 0 Å². The van der Waals surface area contributed by atoms with Crippen LogP contribution in [0.25, 0.3) is 0 Å². The van der Waals surface area contributed by atoms with E-state index >= 15 is 0 Å². The zero-order chi connectivity index (χ0) is 14.4. The Hall–Kier alpha value is -1.94. The molecule has 0 saturated heterocycles. The second-order valence-electron chi connectivity index (χ2n) is 4.50. The average molecular weight is 274 g/mol. The van der Waals surface area contributed by atoms with E-state index in [1.54, 1.807) is 24.4 Å². The molecule has 20 heavy (non-hydrogen) atoms. The van der Waals surface area contributed by atoms with Crippen LogP contribution in [0.2, 0.25) is 0 Å². The third-order valence-electron chi connectivity index (χ3n) is 3.24. The Kier molecular flexibility index (Phi) is 5.07. The number of rotatable bonds is 6. The van der Waals surface area contributed by atoms with Crippen molar-refractivity contribution in [2.75, 3.05) is 7.11 Å². The minimum absolute atomic E-state index is 0.274. The van der Waals surface area contributed by atoms with E-state index in [4.69, 9.17) is 4.74 Å². The van der Waals surface area contributed by atoms with E-state index in [9.17, 15) is 4.39 Å². The highest BCUT2D eigenvalue weighted by atomic mass is 19.1. The lowest BCUT2D eigenvalue weighted by molar-refractivity contribution is 0.383. The number of pyridine rings is 1. The van der Waals surface area contributed by atoms with Crippen molar-refractivity contribution in [3.63, 3.8) is 0 Å². The third kappa shape index (κ3) is 3.33. The highest BCUT2D eigenvalue weighted by Gasteiger charge is 2.08. The Morgan fingerprint density at radius 1 is 1.15 bits per heavy atom. The highest BCUT2D eigenvalue weighted by Crippen LogP contribution is 2.19. The zero-order valence-corrected chi connectivity index (χ0v) is 11.8. The van der Waals surface area contributed by atoms with Gasteiger partial charge in [-0.3, -0.25) is 4.98 Å². The summed E-state index contributed by atoms with van der Waals surface area (Å²) in [5.41, 5.74) is 2.82. The quantitative estimate of drug-likeness (QED) is 0.879. The number of aryl methyl sites for hydroxylation is 1. The lowest BCUT2D eigenvalue weighted by atomic mass is 10.1. The van der Waals surface area contributed by atoms with E-state index in [0.29, 0.717) is 18.7 Å². The number of nitrogens with one attached hydrogen (secondary N) is 1. The SMILES string of the molecule is CCc1cccnc1CNCc1cccc(OC)c1F. The van der Waals surface area contributed by atoms with E-state index < -0.39 is 0 Å². The van der Waals surface area contributed by atoms with Gasteiger partial charge in [0.2, 0.25) is 0 Å². The smallest absolute Gasteiger partial charge is 0.169 e. The first kappa shape index (κ1) is 14.5. The Morgan fingerprint density at radius 2 is 1.95 bits per heavy atom. The standard InChI is InChI=1S/C16H19FN2O/c1-3-12-7-5-9-19-14(12)11-18-10-13-6-4-8-15(20-2)16(13)17/h4-9,18H,3,10-11H2,1-2H3. The van der Waals surface area contributed by atoms with Gasteiger partial charge in [-0.15, -0.1) is 0 Å². The first-order chi connectivity index (χ1) is 9.76. The summed E-state index contributed by atoms with van der Waals surface area (Å²) >= 11 is 0. The number of hydrogen-bond donors (Lipinski definition) is 1. The van der Waals surface area contributed by atoms with Crippen molar-refractivity contribution in [3.05, 3.63) is 59.2 Å². The van der Waals surface area contributed by atoms with Crippen molar-refractivity contribution in [1.29, 1.82) is 0 Å². The number of hydrogen-bond acceptors (Lipinski definition) is 3. The second-order valence-corrected chi connectivity index (χ2v) is 4.50. The summed E-state index contributed by atoms with van der Waals surface area (Å²) in [5.74, 6) is -0.0318. The van der Waals surface area contributed by atoms with Gasteiger partial charge in [0.05, 0.1) is 12.8 Å². The van der Waals surface area contributed by atoms with Gasteiger partial charge in [-0.1, -0.05) is 25.1 Å². The van der Waals surface area contributed by atoms with Crippen LogP contribution in [0, 0.1) is 5.82 Å². The molecule has 0 bridgehead atoms. The summed E-state index contributed by atoms with van der Waals surface area (Å²) in [7, 11) is 1.47. The molecule has 0 aliphatic carbocycles. The van der Waals surface area contributed by atoms with E-state index in [0.717, 1.165) is 12.1 Å². The average Bonchev–Trinajstić information content (AvgIpc) is 2.49. The van der Waals surface area contributed by atoms with Crippen LogP contribution >= 0.6 is 0 Å².